The number of rotatable bonds is 73. The van der Waals surface area contributed by atoms with E-state index in [4.69, 9.17) is 37.0 Å². The van der Waals surface area contributed by atoms with E-state index in [1.54, 1.807) is 0 Å². The molecule has 3 N–H and O–H groups in total. The van der Waals surface area contributed by atoms with E-state index in [0.29, 0.717) is 25.7 Å². The van der Waals surface area contributed by atoms with E-state index in [2.05, 4.69) is 34.6 Å². The first-order valence-corrected chi connectivity index (χ1v) is 41.1. The molecule has 5 atom stereocenters. The maximum absolute atomic E-state index is 13.1. The van der Waals surface area contributed by atoms with Crippen LogP contribution in [0.25, 0.3) is 0 Å². The highest BCUT2D eigenvalue weighted by molar-refractivity contribution is 7.47. The molecule has 546 valence electrons. The molecule has 0 aromatic heterocycles. The SMILES string of the molecule is CCCCCCCCCCCCCCCCCCCCCCC(=O)O[C@H](COC(=O)CCCCCCCCCCCCCCCCCC)COP(=O)(O)OC[C@@H](O)COP(=O)(O)OC[C@@H](COC(=O)CCCCCCC)OC(=O)CCCCCCCCCCC(C)C. The monoisotopic (exact) mass is 1350 g/mol. The van der Waals surface area contributed by atoms with Crippen LogP contribution in [-0.4, -0.2) is 96.7 Å². The molecule has 2 unspecified atom stereocenters. The summed E-state index contributed by atoms with van der Waals surface area (Å²) >= 11 is 0. The Kier molecular flexibility index (Phi) is 64.9. The highest BCUT2D eigenvalue weighted by Crippen LogP contribution is 2.45. The summed E-state index contributed by atoms with van der Waals surface area (Å²) in [5.74, 6) is -1.41. The van der Waals surface area contributed by atoms with Crippen LogP contribution in [0.2, 0.25) is 0 Å². The molecule has 0 aliphatic carbocycles. The minimum absolute atomic E-state index is 0.104. The van der Waals surface area contributed by atoms with Crippen molar-refractivity contribution < 1.29 is 80.2 Å². The molecule has 0 fully saturated rings. The van der Waals surface area contributed by atoms with Crippen molar-refractivity contribution in [2.75, 3.05) is 39.6 Å². The maximum atomic E-state index is 13.1. The molecule has 0 saturated heterocycles. The fraction of sp³-hybridized carbons (Fsp3) is 0.945. The maximum Gasteiger partial charge on any atom is 0.472 e. The van der Waals surface area contributed by atoms with Crippen LogP contribution in [0.15, 0.2) is 0 Å². The Balaban J connectivity index is 5.13. The van der Waals surface area contributed by atoms with Gasteiger partial charge in [-0.15, -0.1) is 0 Å². The Bertz CT molecular complexity index is 1770. The van der Waals surface area contributed by atoms with Crippen molar-refractivity contribution in [1.82, 2.24) is 0 Å². The quantitative estimate of drug-likeness (QED) is 0.0222. The molecule has 0 aliphatic rings. The molecule has 92 heavy (non-hydrogen) atoms. The summed E-state index contributed by atoms with van der Waals surface area (Å²) in [7, 11) is -9.89. The first-order valence-electron chi connectivity index (χ1n) is 38.1. The number of aliphatic hydroxyl groups excluding tert-OH is 1. The molecule has 0 aliphatic heterocycles. The first-order chi connectivity index (χ1) is 44.5. The van der Waals surface area contributed by atoms with Crippen LogP contribution in [0.5, 0.6) is 0 Å². The van der Waals surface area contributed by atoms with E-state index in [9.17, 15) is 43.2 Å². The number of phosphoric acid groups is 2. The lowest BCUT2D eigenvalue weighted by molar-refractivity contribution is -0.161. The molecule has 0 rings (SSSR count). The number of unbranched alkanes of at least 4 members (excludes halogenated alkanes) is 45. The first kappa shape index (κ1) is 90.1. The van der Waals surface area contributed by atoms with Gasteiger partial charge in [0.05, 0.1) is 26.4 Å². The summed E-state index contributed by atoms with van der Waals surface area (Å²) in [4.78, 5) is 72.4. The Morgan fingerprint density at radius 2 is 0.500 bits per heavy atom. The van der Waals surface area contributed by atoms with Gasteiger partial charge in [-0.3, -0.25) is 37.3 Å². The van der Waals surface area contributed by atoms with Crippen LogP contribution in [0.3, 0.4) is 0 Å². The Labute approximate surface area is 562 Å². The van der Waals surface area contributed by atoms with E-state index in [1.165, 1.54) is 199 Å². The third-order valence-electron chi connectivity index (χ3n) is 17.0. The predicted octanol–water partition coefficient (Wildman–Crippen LogP) is 21.3. The predicted molar refractivity (Wildman–Crippen MR) is 372 cm³/mol. The van der Waals surface area contributed by atoms with Crippen LogP contribution in [0.1, 0.15) is 381 Å². The van der Waals surface area contributed by atoms with Gasteiger partial charge >= 0.3 is 39.5 Å². The molecular weight excluding hydrogens is 1210 g/mol. The highest BCUT2D eigenvalue weighted by Gasteiger charge is 2.30. The normalized spacial score (nSPS) is 14.0. The van der Waals surface area contributed by atoms with E-state index in [0.717, 1.165) is 102 Å². The lowest BCUT2D eigenvalue weighted by Crippen LogP contribution is -2.30. The van der Waals surface area contributed by atoms with Crippen LogP contribution < -0.4 is 0 Å². The zero-order chi connectivity index (χ0) is 67.7. The molecule has 0 heterocycles. The molecule has 0 aromatic rings. The Morgan fingerprint density at radius 3 is 0.739 bits per heavy atom. The minimum Gasteiger partial charge on any atom is -0.462 e. The summed E-state index contributed by atoms with van der Waals surface area (Å²) in [6.45, 7) is 7.14. The molecule has 17 nitrogen and oxygen atoms in total. The average molecular weight is 1350 g/mol. The standard InChI is InChI=1S/C73H142O17P2/c1-6-9-12-15-17-19-21-23-25-27-28-29-30-32-34-36-38-43-48-53-58-72(77)90-69(63-84-71(76)57-52-47-42-37-35-33-31-26-24-22-20-18-16-13-10-7-2)65-88-92(81,82)86-61-67(74)60-85-91(79,80)87-64-68(62-83-70(75)56-51-45-14-11-8-3)89-73(78)59-54-49-44-40-39-41-46-50-55-66(4)5/h66-69,74H,6-65H2,1-5H3,(H,79,80)(H,81,82)/t67-,68+,69+/m0/s1. The van der Waals surface area contributed by atoms with Crippen molar-refractivity contribution in [3.63, 3.8) is 0 Å². The fourth-order valence-electron chi connectivity index (χ4n) is 11.2. The van der Waals surface area contributed by atoms with Gasteiger partial charge < -0.3 is 33.8 Å². The zero-order valence-corrected chi connectivity index (χ0v) is 61.5. The molecule has 0 radical (unpaired) electrons. The topological polar surface area (TPSA) is 237 Å². The van der Waals surface area contributed by atoms with E-state index >= 15 is 0 Å². The van der Waals surface area contributed by atoms with Gasteiger partial charge in [-0.25, -0.2) is 9.13 Å². The highest BCUT2D eigenvalue weighted by atomic mass is 31.2. The van der Waals surface area contributed by atoms with E-state index in [1.807, 2.05) is 0 Å². The van der Waals surface area contributed by atoms with Gasteiger partial charge in [0.25, 0.3) is 0 Å². The van der Waals surface area contributed by atoms with Crippen LogP contribution in [0, 0.1) is 5.92 Å². The second kappa shape index (κ2) is 66.3. The largest absolute Gasteiger partial charge is 0.472 e. The van der Waals surface area contributed by atoms with Crippen molar-refractivity contribution in [2.45, 2.75) is 400 Å². The smallest absolute Gasteiger partial charge is 0.462 e. The number of ether oxygens (including phenoxy) is 4. The second-order valence-electron chi connectivity index (χ2n) is 26.8. The van der Waals surface area contributed by atoms with Crippen LogP contribution in [0.4, 0.5) is 0 Å². The number of hydrogen-bond donors (Lipinski definition) is 3. The zero-order valence-electron chi connectivity index (χ0n) is 59.7. The summed E-state index contributed by atoms with van der Waals surface area (Å²) in [6.07, 6.45) is 54.7. The number of aliphatic hydroxyl groups is 1. The van der Waals surface area contributed by atoms with Crippen molar-refractivity contribution >= 4 is 39.5 Å². The summed E-state index contributed by atoms with van der Waals surface area (Å²) in [5, 5.41) is 10.6. The Morgan fingerprint density at radius 1 is 0.293 bits per heavy atom. The third kappa shape index (κ3) is 66.7. The lowest BCUT2D eigenvalue weighted by Gasteiger charge is -2.21. The number of phosphoric ester groups is 2. The molecule has 0 aromatic carbocycles. The number of carbonyl (C=O) groups is 4. The lowest BCUT2D eigenvalue weighted by atomic mass is 10.0. The Hall–Kier alpha value is -1.94. The van der Waals surface area contributed by atoms with Gasteiger partial charge in [-0.2, -0.15) is 0 Å². The molecule has 0 spiro atoms. The number of esters is 4. The van der Waals surface area contributed by atoms with Gasteiger partial charge in [0.1, 0.15) is 19.3 Å². The van der Waals surface area contributed by atoms with Crippen molar-refractivity contribution in [1.29, 1.82) is 0 Å². The third-order valence-corrected chi connectivity index (χ3v) is 18.9. The van der Waals surface area contributed by atoms with E-state index in [-0.39, 0.29) is 25.7 Å². The number of hydrogen-bond acceptors (Lipinski definition) is 15. The molecule has 0 bridgehead atoms. The van der Waals surface area contributed by atoms with E-state index < -0.39 is 97.5 Å². The van der Waals surface area contributed by atoms with Crippen molar-refractivity contribution in [3.8, 4) is 0 Å². The summed E-state index contributed by atoms with van der Waals surface area (Å²) in [6, 6.07) is 0. The molecule has 0 saturated carbocycles. The summed E-state index contributed by atoms with van der Waals surface area (Å²) < 4.78 is 68.2. The molecular formula is C73H142O17P2. The summed E-state index contributed by atoms with van der Waals surface area (Å²) in [5.41, 5.74) is 0. The van der Waals surface area contributed by atoms with Crippen molar-refractivity contribution in [3.05, 3.63) is 0 Å². The van der Waals surface area contributed by atoms with Gasteiger partial charge in [0.15, 0.2) is 12.2 Å². The van der Waals surface area contributed by atoms with Gasteiger partial charge in [-0.1, -0.05) is 330 Å². The van der Waals surface area contributed by atoms with Crippen LogP contribution in [-0.2, 0) is 65.4 Å². The average Bonchev–Trinajstić information content (AvgIpc) is 1.86. The molecule has 0 amide bonds. The van der Waals surface area contributed by atoms with Gasteiger partial charge in [-0.05, 0) is 31.6 Å². The van der Waals surface area contributed by atoms with Crippen molar-refractivity contribution in [2.24, 2.45) is 5.92 Å². The van der Waals surface area contributed by atoms with Crippen LogP contribution >= 0.6 is 15.6 Å². The minimum atomic E-state index is -4.95. The van der Waals surface area contributed by atoms with Gasteiger partial charge in [0.2, 0.25) is 0 Å². The number of carbonyl (C=O) groups excluding carboxylic acids is 4. The second-order valence-corrected chi connectivity index (χ2v) is 29.7. The molecule has 19 heteroatoms. The van der Waals surface area contributed by atoms with Gasteiger partial charge in [0, 0.05) is 25.7 Å². The fourth-order valence-corrected chi connectivity index (χ4v) is 12.8.